The third-order valence-electron chi connectivity index (χ3n) is 4.82. The van der Waals surface area contributed by atoms with Crippen molar-refractivity contribution >= 4 is 5.65 Å². The molecule has 1 aliphatic heterocycles. The van der Waals surface area contributed by atoms with Crippen molar-refractivity contribution in [2.24, 2.45) is 5.41 Å². The number of nitrogens with one attached hydrogen (secondary N) is 1. The Kier molecular flexibility index (Phi) is 3.82. The van der Waals surface area contributed by atoms with E-state index in [4.69, 9.17) is 0 Å². The Morgan fingerprint density at radius 1 is 1.43 bits per heavy atom. The van der Waals surface area contributed by atoms with Gasteiger partial charge in [0, 0.05) is 31.5 Å². The summed E-state index contributed by atoms with van der Waals surface area (Å²) in [6, 6.07) is 3.40. The van der Waals surface area contributed by atoms with E-state index in [1.165, 1.54) is 4.52 Å². The lowest BCUT2D eigenvalue weighted by Gasteiger charge is -2.40. The molecule has 6 heteroatoms. The first-order valence-corrected chi connectivity index (χ1v) is 7.55. The lowest BCUT2D eigenvalue weighted by molar-refractivity contribution is 0.0378. The zero-order chi connectivity index (χ0) is 14.9. The van der Waals surface area contributed by atoms with Crippen LogP contribution in [0.1, 0.15) is 31.9 Å². The van der Waals surface area contributed by atoms with Crippen LogP contribution in [0.3, 0.4) is 0 Å². The van der Waals surface area contributed by atoms with Gasteiger partial charge in [0.15, 0.2) is 5.65 Å². The summed E-state index contributed by atoms with van der Waals surface area (Å²) >= 11 is 0. The minimum absolute atomic E-state index is 0.0738. The molecular weight excluding hydrogens is 268 g/mol. The van der Waals surface area contributed by atoms with Crippen molar-refractivity contribution < 1.29 is 5.11 Å². The van der Waals surface area contributed by atoms with E-state index in [-0.39, 0.29) is 17.6 Å². The van der Waals surface area contributed by atoms with Gasteiger partial charge in [-0.15, -0.1) is 0 Å². The molecule has 1 saturated heterocycles. The Bertz CT molecular complexity index is 662. The third-order valence-corrected chi connectivity index (χ3v) is 4.82. The number of hydrogen-bond donors (Lipinski definition) is 2. The van der Waals surface area contributed by atoms with Gasteiger partial charge in [-0.25, -0.2) is 9.50 Å². The van der Waals surface area contributed by atoms with Crippen molar-refractivity contribution in [3.05, 3.63) is 34.4 Å². The van der Waals surface area contributed by atoms with Crippen molar-refractivity contribution in [1.82, 2.24) is 19.5 Å². The standard InChI is InChI=1S/C15H22N4O2/c1-2-15(11-20)4-7-18(8-5-15)10-12-9-14(21)19-13(17-12)3-6-16-19/h3,6,9,16,20H,2,4-5,7-8,10-11H2,1H3. The number of nitrogens with zero attached hydrogens (tertiary/aromatic N) is 3. The number of piperidine rings is 1. The van der Waals surface area contributed by atoms with Gasteiger partial charge in [0.05, 0.1) is 5.69 Å². The highest BCUT2D eigenvalue weighted by Gasteiger charge is 2.32. The van der Waals surface area contributed by atoms with Gasteiger partial charge in [-0.2, -0.15) is 0 Å². The number of hydrogen-bond acceptors (Lipinski definition) is 4. The highest BCUT2D eigenvalue weighted by atomic mass is 16.3. The average Bonchev–Trinajstić information content (AvgIpc) is 2.97. The van der Waals surface area contributed by atoms with E-state index in [1.807, 2.05) is 0 Å². The molecule has 1 fully saturated rings. The second-order valence-electron chi connectivity index (χ2n) is 6.03. The minimum Gasteiger partial charge on any atom is -0.396 e. The Morgan fingerprint density at radius 3 is 2.86 bits per heavy atom. The molecule has 21 heavy (non-hydrogen) atoms. The van der Waals surface area contributed by atoms with Crippen molar-refractivity contribution in [2.75, 3.05) is 19.7 Å². The van der Waals surface area contributed by atoms with Crippen LogP contribution in [0.2, 0.25) is 0 Å². The number of aliphatic hydroxyl groups excluding tert-OH is 1. The number of aromatic amines is 1. The molecule has 2 aromatic rings. The molecule has 0 amide bonds. The molecule has 0 atom stereocenters. The lowest BCUT2D eigenvalue weighted by Crippen LogP contribution is -2.41. The molecule has 0 aromatic carbocycles. The van der Waals surface area contributed by atoms with Gasteiger partial charge < -0.3 is 5.11 Å². The number of aliphatic hydroxyl groups is 1. The van der Waals surface area contributed by atoms with Gasteiger partial charge in [-0.05, 0) is 37.8 Å². The Hall–Kier alpha value is -1.66. The van der Waals surface area contributed by atoms with Crippen molar-refractivity contribution in [1.29, 1.82) is 0 Å². The Balaban J connectivity index is 1.71. The summed E-state index contributed by atoms with van der Waals surface area (Å²) in [6.07, 6.45) is 4.74. The molecule has 6 nitrogen and oxygen atoms in total. The van der Waals surface area contributed by atoms with Gasteiger partial charge in [-0.3, -0.25) is 14.8 Å². The van der Waals surface area contributed by atoms with Crippen molar-refractivity contribution in [3.8, 4) is 0 Å². The van der Waals surface area contributed by atoms with E-state index < -0.39 is 0 Å². The molecule has 3 heterocycles. The summed E-state index contributed by atoms with van der Waals surface area (Å²) in [5.41, 5.74) is 1.49. The third kappa shape index (κ3) is 2.73. The van der Waals surface area contributed by atoms with Crippen LogP contribution in [-0.2, 0) is 6.54 Å². The zero-order valence-electron chi connectivity index (χ0n) is 12.4. The smallest absolute Gasteiger partial charge is 0.272 e. The molecule has 2 aromatic heterocycles. The van der Waals surface area contributed by atoms with E-state index in [9.17, 15) is 9.90 Å². The first-order valence-electron chi connectivity index (χ1n) is 7.55. The lowest BCUT2D eigenvalue weighted by atomic mass is 9.77. The van der Waals surface area contributed by atoms with Gasteiger partial charge in [0.1, 0.15) is 0 Å². The molecule has 3 rings (SSSR count). The fraction of sp³-hybridized carbons (Fsp3) is 0.600. The van der Waals surface area contributed by atoms with Gasteiger partial charge in [0.2, 0.25) is 0 Å². The van der Waals surface area contributed by atoms with Gasteiger partial charge >= 0.3 is 0 Å². The molecular formula is C15H22N4O2. The number of rotatable bonds is 4. The Morgan fingerprint density at radius 2 is 2.19 bits per heavy atom. The number of fused-ring (bicyclic) bond motifs is 1. The van der Waals surface area contributed by atoms with Crippen molar-refractivity contribution in [2.45, 2.75) is 32.7 Å². The van der Waals surface area contributed by atoms with E-state index in [0.29, 0.717) is 12.2 Å². The van der Waals surface area contributed by atoms with Crippen LogP contribution in [-0.4, -0.2) is 44.3 Å². The fourth-order valence-corrected chi connectivity index (χ4v) is 3.10. The van der Waals surface area contributed by atoms with Gasteiger partial charge in [-0.1, -0.05) is 6.92 Å². The summed E-state index contributed by atoms with van der Waals surface area (Å²) < 4.78 is 1.44. The second kappa shape index (κ2) is 5.61. The van der Waals surface area contributed by atoms with E-state index >= 15 is 0 Å². The van der Waals surface area contributed by atoms with Crippen LogP contribution in [0, 0.1) is 5.41 Å². The van der Waals surface area contributed by atoms with Crippen LogP contribution < -0.4 is 5.56 Å². The summed E-state index contributed by atoms with van der Waals surface area (Å²) in [5, 5.41) is 12.4. The van der Waals surface area contributed by atoms with Crippen LogP contribution in [0.25, 0.3) is 5.65 Å². The molecule has 0 spiro atoms. The van der Waals surface area contributed by atoms with Crippen LogP contribution in [0.15, 0.2) is 23.1 Å². The predicted molar refractivity (Wildman–Crippen MR) is 80.1 cm³/mol. The monoisotopic (exact) mass is 290 g/mol. The average molecular weight is 290 g/mol. The second-order valence-corrected chi connectivity index (χ2v) is 6.03. The summed E-state index contributed by atoms with van der Waals surface area (Å²) in [5.74, 6) is 0. The summed E-state index contributed by atoms with van der Waals surface area (Å²) in [7, 11) is 0. The van der Waals surface area contributed by atoms with Crippen LogP contribution in [0.4, 0.5) is 0 Å². The predicted octanol–water partition coefficient (Wildman–Crippen LogP) is 1.01. The number of aromatic nitrogens is 3. The van der Waals surface area contributed by atoms with Crippen molar-refractivity contribution in [3.63, 3.8) is 0 Å². The van der Waals surface area contributed by atoms with E-state index in [1.54, 1.807) is 18.3 Å². The molecule has 0 unspecified atom stereocenters. The zero-order valence-corrected chi connectivity index (χ0v) is 12.4. The molecule has 0 radical (unpaired) electrons. The fourth-order valence-electron chi connectivity index (χ4n) is 3.10. The molecule has 0 aliphatic carbocycles. The molecule has 114 valence electrons. The maximum Gasteiger partial charge on any atom is 0.272 e. The maximum absolute atomic E-state index is 11.9. The van der Waals surface area contributed by atoms with Crippen LogP contribution >= 0.6 is 0 Å². The topological polar surface area (TPSA) is 73.6 Å². The molecule has 1 aliphatic rings. The largest absolute Gasteiger partial charge is 0.396 e. The highest BCUT2D eigenvalue weighted by Crippen LogP contribution is 2.34. The molecule has 0 saturated carbocycles. The molecule has 2 N–H and O–H groups in total. The molecule has 0 bridgehead atoms. The van der Waals surface area contributed by atoms with E-state index in [2.05, 4.69) is 21.9 Å². The normalized spacial score (nSPS) is 19.1. The first kappa shape index (κ1) is 14.3. The highest BCUT2D eigenvalue weighted by molar-refractivity contribution is 5.36. The first-order chi connectivity index (χ1) is 10.2. The van der Waals surface area contributed by atoms with Gasteiger partial charge in [0.25, 0.3) is 5.56 Å². The van der Waals surface area contributed by atoms with Crippen LogP contribution in [0.5, 0.6) is 0 Å². The minimum atomic E-state index is -0.0738. The van der Waals surface area contributed by atoms with E-state index in [0.717, 1.165) is 38.0 Å². The number of H-pyrrole nitrogens is 1. The SMILES string of the molecule is CCC1(CO)CCN(Cc2cc(=O)n3[nH]ccc3n2)CC1. The summed E-state index contributed by atoms with van der Waals surface area (Å²) in [6.45, 7) is 5.01. The number of likely N-dealkylation sites (tertiary alicyclic amines) is 1. The summed E-state index contributed by atoms with van der Waals surface area (Å²) in [4.78, 5) is 18.8. The maximum atomic E-state index is 11.9. The quantitative estimate of drug-likeness (QED) is 0.881. The Labute approximate surface area is 123 Å².